The van der Waals surface area contributed by atoms with Crippen molar-refractivity contribution in [2.24, 2.45) is 52.3 Å². The third-order valence-corrected chi connectivity index (χ3v) is 14.2. The number of amides is 2. The van der Waals surface area contributed by atoms with Gasteiger partial charge < -0.3 is 24.8 Å². The minimum Gasteiger partial charge on any atom is -0.379 e. The first-order valence-corrected chi connectivity index (χ1v) is 17.8. The summed E-state index contributed by atoms with van der Waals surface area (Å²) in [6.45, 7) is 14.3. The Morgan fingerprint density at radius 1 is 0.884 bits per heavy atom. The number of nitrogens with zero attached hydrogens (tertiary/aromatic N) is 1. The van der Waals surface area contributed by atoms with Crippen LogP contribution in [0.2, 0.25) is 0 Å². The summed E-state index contributed by atoms with van der Waals surface area (Å²) in [5, 5.41) is 6.17. The minimum atomic E-state index is -0.331. The summed E-state index contributed by atoms with van der Waals surface area (Å²) < 4.78 is 18.9. The van der Waals surface area contributed by atoms with Gasteiger partial charge in [0.15, 0.2) is 5.79 Å². The summed E-state index contributed by atoms with van der Waals surface area (Å²) in [5.41, 5.74) is 0.715. The van der Waals surface area contributed by atoms with Crippen molar-refractivity contribution in [3.63, 3.8) is 0 Å². The highest BCUT2D eigenvalue weighted by Gasteiger charge is 2.69. The molecular formula is C35H57N3O5. The zero-order valence-electron chi connectivity index (χ0n) is 27.2. The van der Waals surface area contributed by atoms with Crippen molar-refractivity contribution in [1.29, 1.82) is 0 Å². The lowest BCUT2D eigenvalue weighted by Crippen LogP contribution is -2.56. The summed E-state index contributed by atoms with van der Waals surface area (Å²) in [5.74, 6) is 4.08. The van der Waals surface area contributed by atoms with Gasteiger partial charge in [0.2, 0.25) is 11.8 Å². The number of carbonyl (C=O) groups excluding carboxylic acids is 2. The molecule has 0 aromatic heterocycles. The van der Waals surface area contributed by atoms with Crippen LogP contribution < -0.4 is 10.6 Å². The number of carbonyl (C=O) groups is 2. The molecule has 0 bridgehead atoms. The molecule has 242 valence electrons. The number of ether oxygens (including phenoxy) is 3. The van der Waals surface area contributed by atoms with Gasteiger partial charge in [-0.2, -0.15) is 0 Å². The summed E-state index contributed by atoms with van der Waals surface area (Å²) in [6.07, 6.45) is 12.3. The molecule has 0 aromatic rings. The first-order valence-electron chi connectivity index (χ1n) is 17.8. The molecule has 4 aliphatic carbocycles. The summed E-state index contributed by atoms with van der Waals surface area (Å²) >= 11 is 0. The molecule has 2 amide bonds. The minimum absolute atomic E-state index is 0.0814. The molecule has 0 aromatic carbocycles. The highest BCUT2D eigenvalue weighted by atomic mass is 16.7. The molecule has 3 aliphatic heterocycles. The number of nitrogens with one attached hydrogen (secondary N) is 2. The topological polar surface area (TPSA) is 89.1 Å². The van der Waals surface area contributed by atoms with Crippen molar-refractivity contribution in [2.75, 3.05) is 39.6 Å². The lowest BCUT2D eigenvalue weighted by atomic mass is 9.44. The molecule has 12 atom stereocenters. The third kappa shape index (κ3) is 5.28. The molecule has 0 unspecified atom stereocenters. The molecule has 0 radical (unpaired) electrons. The van der Waals surface area contributed by atoms with Crippen LogP contribution in [0.1, 0.15) is 98.3 Å². The second kappa shape index (κ2) is 11.5. The van der Waals surface area contributed by atoms with Gasteiger partial charge in [0, 0.05) is 31.5 Å². The predicted molar refractivity (Wildman–Crippen MR) is 164 cm³/mol. The molecule has 3 saturated heterocycles. The Labute approximate surface area is 259 Å². The van der Waals surface area contributed by atoms with Gasteiger partial charge >= 0.3 is 0 Å². The lowest BCUT2D eigenvalue weighted by molar-refractivity contribution is -0.273. The van der Waals surface area contributed by atoms with Crippen LogP contribution in [0.15, 0.2) is 0 Å². The maximum Gasteiger partial charge on any atom is 0.230 e. The molecule has 4 saturated carbocycles. The molecule has 8 heteroatoms. The van der Waals surface area contributed by atoms with Gasteiger partial charge in [0.25, 0.3) is 0 Å². The van der Waals surface area contributed by atoms with Gasteiger partial charge in [0.1, 0.15) is 6.42 Å². The monoisotopic (exact) mass is 599 g/mol. The second-order valence-electron chi connectivity index (χ2n) is 16.4. The number of hydrogen-bond donors (Lipinski definition) is 2. The van der Waals surface area contributed by atoms with Gasteiger partial charge in [-0.3, -0.25) is 14.5 Å². The van der Waals surface area contributed by atoms with E-state index < -0.39 is 0 Å². The number of hydrogen-bond acceptors (Lipinski definition) is 6. The van der Waals surface area contributed by atoms with E-state index in [1.807, 2.05) is 0 Å². The average Bonchev–Trinajstić information content (AvgIpc) is 3.44. The zero-order valence-corrected chi connectivity index (χ0v) is 27.2. The van der Waals surface area contributed by atoms with Crippen molar-refractivity contribution in [1.82, 2.24) is 15.5 Å². The molecule has 43 heavy (non-hydrogen) atoms. The maximum atomic E-state index is 12.8. The number of rotatable bonds is 5. The van der Waals surface area contributed by atoms with Gasteiger partial charge in [-0.15, -0.1) is 0 Å². The van der Waals surface area contributed by atoms with Gasteiger partial charge in [-0.1, -0.05) is 27.7 Å². The Bertz CT molecular complexity index is 1060. The largest absolute Gasteiger partial charge is 0.379 e. The van der Waals surface area contributed by atoms with Crippen molar-refractivity contribution in [3.05, 3.63) is 0 Å². The maximum absolute atomic E-state index is 12.8. The fourth-order valence-corrected chi connectivity index (χ4v) is 11.9. The molecule has 8 nitrogen and oxygen atoms in total. The SMILES string of the molecule is C[C@@H]1CC[C@@]2(OC1)O[C@H]1C[C@H]3[C@@H]4CC[C@@H]5C[C@@H](NC(=O)CC(=O)NCN6CCOCC6)CC[C@]5(C)[C@H]4CC[C@]3(C)[C@H]1[C@@H]2C. The Hall–Kier alpha value is -1.22. The van der Waals surface area contributed by atoms with Crippen LogP contribution in [-0.2, 0) is 23.8 Å². The molecule has 7 rings (SSSR count). The van der Waals surface area contributed by atoms with E-state index in [4.69, 9.17) is 14.2 Å². The first-order chi connectivity index (χ1) is 20.6. The fourth-order valence-electron chi connectivity index (χ4n) is 11.9. The van der Waals surface area contributed by atoms with Crippen LogP contribution in [0.3, 0.4) is 0 Å². The predicted octanol–water partition coefficient (Wildman–Crippen LogP) is 4.71. The summed E-state index contributed by atoms with van der Waals surface area (Å²) in [6, 6.07) is 0.192. The van der Waals surface area contributed by atoms with E-state index in [9.17, 15) is 9.59 Å². The van der Waals surface area contributed by atoms with Gasteiger partial charge in [-0.05, 0) is 104 Å². The summed E-state index contributed by atoms with van der Waals surface area (Å²) in [7, 11) is 0. The quantitative estimate of drug-likeness (QED) is 0.445. The molecule has 2 N–H and O–H groups in total. The average molecular weight is 600 g/mol. The highest BCUT2D eigenvalue weighted by Crippen LogP contribution is 2.71. The van der Waals surface area contributed by atoms with Crippen molar-refractivity contribution >= 4 is 11.8 Å². The zero-order chi connectivity index (χ0) is 30.0. The van der Waals surface area contributed by atoms with E-state index in [2.05, 4.69) is 43.2 Å². The van der Waals surface area contributed by atoms with E-state index in [-0.39, 0.29) is 30.1 Å². The first kappa shape index (κ1) is 30.4. The Balaban J connectivity index is 0.940. The van der Waals surface area contributed by atoms with Crippen molar-refractivity contribution < 1.29 is 23.8 Å². The van der Waals surface area contributed by atoms with Crippen molar-refractivity contribution in [3.8, 4) is 0 Å². The van der Waals surface area contributed by atoms with E-state index in [1.54, 1.807) is 0 Å². The molecule has 3 heterocycles. The molecule has 7 aliphatic rings. The Morgan fingerprint density at radius 3 is 2.44 bits per heavy atom. The standard InChI is InChI=1S/C35H57N3O5/c1-22-7-12-35(42-20-22)23(2)32-29(43-35)18-28-26-6-5-24-17-25(8-10-33(24,3)27(26)9-11-34(28,32)4)37-31(40)19-30(39)36-21-38-13-15-41-16-14-38/h22-29,32H,5-21H2,1-4H3,(H,36,39)(H,37,40)/t22-,23+,24-,25+,26-,27+,28+,29+,32+,33+,34+,35-/m1/s1. The van der Waals surface area contributed by atoms with E-state index in [0.717, 1.165) is 56.7 Å². The van der Waals surface area contributed by atoms with E-state index >= 15 is 0 Å². The van der Waals surface area contributed by atoms with Crippen LogP contribution in [-0.4, -0.2) is 74.2 Å². The number of fused-ring (bicyclic) bond motifs is 7. The van der Waals surface area contributed by atoms with Crippen molar-refractivity contribution in [2.45, 2.75) is 116 Å². The Kier molecular flexibility index (Phi) is 8.17. The molecular weight excluding hydrogens is 542 g/mol. The highest BCUT2D eigenvalue weighted by molar-refractivity contribution is 5.96. The van der Waals surface area contributed by atoms with E-state index in [1.165, 1.54) is 44.9 Å². The fraction of sp³-hybridized carbons (Fsp3) is 0.943. The normalized spacial score (nSPS) is 49.4. The third-order valence-electron chi connectivity index (χ3n) is 14.2. The van der Waals surface area contributed by atoms with Gasteiger partial charge in [-0.25, -0.2) is 0 Å². The summed E-state index contributed by atoms with van der Waals surface area (Å²) in [4.78, 5) is 27.4. The second-order valence-corrected chi connectivity index (χ2v) is 16.4. The molecule has 1 spiro atoms. The van der Waals surface area contributed by atoms with E-state index in [0.29, 0.717) is 60.5 Å². The smallest absolute Gasteiger partial charge is 0.230 e. The van der Waals surface area contributed by atoms with Crippen LogP contribution >= 0.6 is 0 Å². The Morgan fingerprint density at radius 2 is 1.67 bits per heavy atom. The molecule has 7 fully saturated rings. The van der Waals surface area contributed by atoms with Crippen LogP contribution in [0.4, 0.5) is 0 Å². The van der Waals surface area contributed by atoms with Crippen LogP contribution in [0.25, 0.3) is 0 Å². The number of morpholine rings is 1. The lowest BCUT2D eigenvalue weighted by Gasteiger charge is -2.61. The van der Waals surface area contributed by atoms with Crippen LogP contribution in [0.5, 0.6) is 0 Å². The van der Waals surface area contributed by atoms with Crippen LogP contribution in [0, 0.1) is 52.3 Å². The van der Waals surface area contributed by atoms with Gasteiger partial charge in [0.05, 0.1) is 32.6 Å².